The van der Waals surface area contributed by atoms with Gasteiger partial charge in [0.05, 0.1) is 12.0 Å². The topological polar surface area (TPSA) is 23.8 Å². The lowest BCUT2D eigenvalue weighted by molar-refractivity contribution is 0.342. The maximum Gasteiger partial charge on any atom is 0.0665 e. The van der Waals surface area contributed by atoms with E-state index in [0.29, 0.717) is 17.8 Å². The Morgan fingerprint density at radius 3 is 2.85 bits per heavy atom. The highest BCUT2D eigenvalue weighted by Gasteiger charge is 2.43. The van der Waals surface area contributed by atoms with E-state index in [1.165, 1.54) is 25.7 Å². The molecule has 0 N–H and O–H groups in total. The first-order chi connectivity index (χ1) is 6.36. The largest absolute Gasteiger partial charge is 0.198 e. The second-order valence-electron chi connectivity index (χ2n) is 4.41. The molecule has 0 aliphatic heterocycles. The predicted molar refractivity (Wildman–Crippen MR) is 52.9 cm³/mol. The minimum atomic E-state index is 0.335. The summed E-state index contributed by atoms with van der Waals surface area (Å²) in [5, 5.41) is 9.07. The van der Waals surface area contributed by atoms with E-state index < -0.39 is 0 Å². The van der Waals surface area contributed by atoms with Crippen molar-refractivity contribution in [1.82, 2.24) is 0 Å². The summed E-state index contributed by atoms with van der Waals surface area (Å²) in [7, 11) is 0. The number of allylic oxidation sites excluding steroid dienone is 2. The number of nitriles is 1. The van der Waals surface area contributed by atoms with E-state index in [9.17, 15) is 0 Å². The Labute approximate surface area is 80.4 Å². The zero-order chi connectivity index (χ0) is 9.26. The Morgan fingerprint density at radius 2 is 2.15 bits per heavy atom. The van der Waals surface area contributed by atoms with Crippen LogP contribution in [0.2, 0.25) is 0 Å². The van der Waals surface area contributed by atoms with Gasteiger partial charge in [-0.3, -0.25) is 0 Å². The van der Waals surface area contributed by atoms with Crippen molar-refractivity contribution in [1.29, 1.82) is 5.26 Å². The fourth-order valence-electron chi connectivity index (χ4n) is 2.95. The van der Waals surface area contributed by atoms with Crippen molar-refractivity contribution in [2.24, 2.45) is 23.7 Å². The van der Waals surface area contributed by atoms with Gasteiger partial charge in [0.1, 0.15) is 0 Å². The smallest absolute Gasteiger partial charge is 0.0665 e. The fourth-order valence-corrected chi connectivity index (χ4v) is 2.95. The molecule has 4 atom stereocenters. The molecule has 0 saturated heterocycles. The molecule has 0 spiro atoms. The van der Waals surface area contributed by atoms with E-state index in [2.05, 4.69) is 25.1 Å². The summed E-state index contributed by atoms with van der Waals surface area (Å²) in [6, 6.07) is 2.50. The first-order valence-corrected chi connectivity index (χ1v) is 5.44. The molecule has 0 heterocycles. The van der Waals surface area contributed by atoms with Gasteiger partial charge in [0.2, 0.25) is 0 Å². The van der Waals surface area contributed by atoms with E-state index in [0.717, 1.165) is 5.92 Å². The molecule has 1 nitrogen and oxygen atoms in total. The van der Waals surface area contributed by atoms with Crippen LogP contribution >= 0.6 is 0 Å². The number of nitrogens with zero attached hydrogens (tertiary/aromatic N) is 1. The molecule has 0 aromatic carbocycles. The molecular formula is C12H17N. The highest BCUT2D eigenvalue weighted by Crippen LogP contribution is 2.49. The molecular weight excluding hydrogens is 158 g/mol. The number of hydrogen-bond donors (Lipinski definition) is 0. The zero-order valence-electron chi connectivity index (χ0n) is 8.24. The molecule has 4 unspecified atom stereocenters. The third kappa shape index (κ3) is 1.39. The van der Waals surface area contributed by atoms with Gasteiger partial charge in [0.25, 0.3) is 0 Å². The Kier molecular flexibility index (Phi) is 2.40. The molecule has 70 valence electrons. The Balaban J connectivity index is 2.02. The number of rotatable bonds is 3. The van der Waals surface area contributed by atoms with E-state index in [-0.39, 0.29) is 0 Å². The van der Waals surface area contributed by atoms with Gasteiger partial charge in [-0.2, -0.15) is 5.26 Å². The summed E-state index contributed by atoms with van der Waals surface area (Å²) in [5.74, 6) is 2.35. The third-order valence-corrected chi connectivity index (χ3v) is 3.66. The molecule has 0 aromatic heterocycles. The van der Waals surface area contributed by atoms with Crippen molar-refractivity contribution < 1.29 is 0 Å². The summed E-state index contributed by atoms with van der Waals surface area (Å²) >= 11 is 0. The average Bonchev–Trinajstić information content (AvgIpc) is 2.73. The van der Waals surface area contributed by atoms with Gasteiger partial charge in [-0.05, 0) is 30.6 Å². The highest BCUT2D eigenvalue weighted by atomic mass is 14.5. The second kappa shape index (κ2) is 3.54. The van der Waals surface area contributed by atoms with Crippen LogP contribution in [0.5, 0.6) is 0 Å². The molecule has 2 bridgehead atoms. The zero-order valence-corrected chi connectivity index (χ0v) is 8.24. The van der Waals surface area contributed by atoms with Crippen LogP contribution < -0.4 is 0 Å². The molecule has 2 rings (SSSR count). The molecule has 1 heteroatoms. The quantitative estimate of drug-likeness (QED) is 0.604. The molecule has 2 aliphatic rings. The van der Waals surface area contributed by atoms with Crippen LogP contribution in [-0.2, 0) is 0 Å². The van der Waals surface area contributed by atoms with Gasteiger partial charge in [-0.15, -0.1) is 0 Å². The van der Waals surface area contributed by atoms with Crippen molar-refractivity contribution in [3.8, 4) is 6.07 Å². The van der Waals surface area contributed by atoms with Crippen LogP contribution in [0.3, 0.4) is 0 Å². The first kappa shape index (κ1) is 8.81. The standard InChI is InChI=1S/C12H17N/c1-2-3-4-11-9-5-6-10(7-9)12(11)8-13/h5-6,9-12H,2-4,7H2,1H3. The van der Waals surface area contributed by atoms with Gasteiger partial charge in [-0.1, -0.05) is 31.9 Å². The van der Waals surface area contributed by atoms with Gasteiger partial charge >= 0.3 is 0 Å². The molecule has 0 amide bonds. The van der Waals surface area contributed by atoms with Crippen LogP contribution in [0.25, 0.3) is 0 Å². The lowest BCUT2D eigenvalue weighted by Gasteiger charge is -2.22. The third-order valence-electron chi connectivity index (χ3n) is 3.66. The molecule has 13 heavy (non-hydrogen) atoms. The maximum absolute atomic E-state index is 9.07. The first-order valence-electron chi connectivity index (χ1n) is 5.44. The minimum absolute atomic E-state index is 0.335. The average molecular weight is 175 g/mol. The van der Waals surface area contributed by atoms with Crippen LogP contribution in [-0.4, -0.2) is 0 Å². The van der Waals surface area contributed by atoms with Crippen molar-refractivity contribution >= 4 is 0 Å². The summed E-state index contributed by atoms with van der Waals surface area (Å²) in [5.41, 5.74) is 0. The normalized spacial score (nSPS) is 40.9. The van der Waals surface area contributed by atoms with Crippen LogP contribution in [0, 0.1) is 35.0 Å². The molecule has 0 aromatic rings. The molecule has 1 saturated carbocycles. The lowest BCUT2D eigenvalue weighted by Crippen LogP contribution is -2.17. The summed E-state index contributed by atoms with van der Waals surface area (Å²) < 4.78 is 0. The molecule has 0 radical (unpaired) electrons. The number of fused-ring (bicyclic) bond motifs is 2. The van der Waals surface area contributed by atoms with Crippen molar-refractivity contribution in [2.75, 3.05) is 0 Å². The highest BCUT2D eigenvalue weighted by molar-refractivity contribution is 5.17. The van der Waals surface area contributed by atoms with Crippen LogP contribution in [0.15, 0.2) is 12.2 Å². The van der Waals surface area contributed by atoms with Crippen LogP contribution in [0.1, 0.15) is 32.6 Å². The van der Waals surface area contributed by atoms with Gasteiger partial charge in [0.15, 0.2) is 0 Å². The van der Waals surface area contributed by atoms with Gasteiger partial charge in [-0.25, -0.2) is 0 Å². The monoisotopic (exact) mass is 175 g/mol. The molecule has 1 fully saturated rings. The Morgan fingerprint density at radius 1 is 1.38 bits per heavy atom. The van der Waals surface area contributed by atoms with E-state index in [1.54, 1.807) is 0 Å². The fraction of sp³-hybridized carbons (Fsp3) is 0.750. The number of hydrogen-bond acceptors (Lipinski definition) is 1. The SMILES string of the molecule is CCCCC1C2C=CC(C2)C1C#N. The summed E-state index contributed by atoms with van der Waals surface area (Å²) in [4.78, 5) is 0. The van der Waals surface area contributed by atoms with Crippen molar-refractivity contribution in [3.63, 3.8) is 0 Å². The number of unbranched alkanes of at least 4 members (excludes halogenated alkanes) is 1. The van der Waals surface area contributed by atoms with Crippen molar-refractivity contribution in [2.45, 2.75) is 32.6 Å². The Bertz CT molecular complexity index is 248. The minimum Gasteiger partial charge on any atom is -0.198 e. The van der Waals surface area contributed by atoms with Gasteiger partial charge < -0.3 is 0 Å². The lowest BCUT2D eigenvalue weighted by atomic mass is 9.81. The summed E-state index contributed by atoms with van der Waals surface area (Å²) in [6.45, 7) is 2.23. The second-order valence-corrected chi connectivity index (χ2v) is 4.41. The van der Waals surface area contributed by atoms with Crippen LogP contribution in [0.4, 0.5) is 0 Å². The Hall–Kier alpha value is -0.770. The van der Waals surface area contributed by atoms with Gasteiger partial charge in [0, 0.05) is 0 Å². The molecule has 2 aliphatic carbocycles. The van der Waals surface area contributed by atoms with E-state index in [1.807, 2.05) is 0 Å². The van der Waals surface area contributed by atoms with Crippen molar-refractivity contribution in [3.05, 3.63) is 12.2 Å². The maximum atomic E-state index is 9.07. The van der Waals surface area contributed by atoms with E-state index >= 15 is 0 Å². The van der Waals surface area contributed by atoms with E-state index in [4.69, 9.17) is 5.26 Å². The summed E-state index contributed by atoms with van der Waals surface area (Å²) in [6.07, 6.45) is 9.68. The predicted octanol–water partition coefficient (Wildman–Crippen LogP) is 3.14.